The zero-order chi connectivity index (χ0) is 16.1. The smallest absolute Gasteiger partial charge is 0.308 e. The fourth-order valence-electron chi connectivity index (χ4n) is 2.45. The number of likely N-dealkylation sites (tertiary alicyclic amines) is 1. The molecule has 1 aromatic carbocycles. The number of ether oxygens (including phenoxy) is 1. The molecular weight excluding hydrogens is 286 g/mol. The van der Waals surface area contributed by atoms with Gasteiger partial charge in [0.05, 0.1) is 5.92 Å². The molecule has 0 aromatic heterocycles. The Hall–Kier alpha value is -2.37. The quantitative estimate of drug-likeness (QED) is 0.835. The number of piperidine rings is 1. The van der Waals surface area contributed by atoms with Crippen molar-refractivity contribution in [3.63, 3.8) is 0 Å². The van der Waals surface area contributed by atoms with Gasteiger partial charge in [-0.05, 0) is 31.9 Å². The first kappa shape index (κ1) is 16.0. The highest BCUT2D eigenvalue weighted by atomic mass is 16.5. The van der Waals surface area contributed by atoms with Crippen LogP contribution in [-0.4, -0.2) is 47.4 Å². The molecule has 0 radical (unpaired) electrons. The lowest BCUT2D eigenvalue weighted by molar-refractivity contribution is -0.146. The maximum Gasteiger partial charge on any atom is 0.308 e. The van der Waals surface area contributed by atoms with Crippen molar-refractivity contribution in [1.29, 1.82) is 0 Å². The summed E-state index contributed by atoms with van der Waals surface area (Å²) in [5, 5.41) is 9.03. The van der Waals surface area contributed by atoms with Gasteiger partial charge in [0.25, 0.3) is 5.91 Å². The van der Waals surface area contributed by atoms with Crippen molar-refractivity contribution < 1.29 is 24.2 Å². The van der Waals surface area contributed by atoms with E-state index in [1.807, 2.05) is 0 Å². The molecule has 118 valence electrons. The van der Waals surface area contributed by atoms with Crippen molar-refractivity contribution >= 4 is 17.7 Å². The number of carboxylic acid groups (broad SMARTS) is 1. The van der Waals surface area contributed by atoms with E-state index in [1.54, 1.807) is 24.3 Å². The summed E-state index contributed by atoms with van der Waals surface area (Å²) in [6, 6.07) is 6.64. The van der Waals surface area contributed by atoms with Crippen LogP contribution in [0.4, 0.5) is 0 Å². The number of hydrogen-bond donors (Lipinski definition) is 1. The van der Waals surface area contributed by atoms with E-state index in [0.29, 0.717) is 30.7 Å². The number of benzene rings is 1. The second kappa shape index (κ2) is 7.06. The Morgan fingerprint density at radius 1 is 1.36 bits per heavy atom. The zero-order valence-electron chi connectivity index (χ0n) is 12.4. The first-order valence-corrected chi connectivity index (χ1v) is 7.21. The van der Waals surface area contributed by atoms with E-state index in [1.165, 1.54) is 11.8 Å². The van der Waals surface area contributed by atoms with Crippen LogP contribution in [0.5, 0.6) is 5.75 Å². The van der Waals surface area contributed by atoms with Crippen molar-refractivity contribution in [2.24, 2.45) is 5.92 Å². The minimum absolute atomic E-state index is 0.0721. The molecule has 1 aromatic rings. The van der Waals surface area contributed by atoms with E-state index in [2.05, 4.69) is 0 Å². The molecule has 2 rings (SSSR count). The van der Waals surface area contributed by atoms with E-state index in [4.69, 9.17) is 9.84 Å². The molecule has 0 aliphatic carbocycles. The minimum Gasteiger partial charge on any atom is -0.484 e. The summed E-state index contributed by atoms with van der Waals surface area (Å²) in [7, 11) is 0. The predicted molar refractivity (Wildman–Crippen MR) is 78.9 cm³/mol. The highest BCUT2D eigenvalue weighted by Crippen LogP contribution is 2.18. The third kappa shape index (κ3) is 4.07. The number of carbonyl (C=O) groups excluding carboxylic acids is 2. The lowest BCUT2D eigenvalue weighted by Crippen LogP contribution is -2.44. The molecule has 1 unspecified atom stereocenters. The maximum atomic E-state index is 12.1. The number of hydrogen-bond acceptors (Lipinski definition) is 4. The van der Waals surface area contributed by atoms with Crippen molar-refractivity contribution in [1.82, 2.24) is 4.90 Å². The van der Waals surface area contributed by atoms with Gasteiger partial charge in [0, 0.05) is 18.7 Å². The van der Waals surface area contributed by atoms with Crippen LogP contribution in [0.15, 0.2) is 24.3 Å². The third-order valence-electron chi connectivity index (χ3n) is 3.73. The molecule has 0 spiro atoms. The minimum atomic E-state index is -0.868. The summed E-state index contributed by atoms with van der Waals surface area (Å²) in [4.78, 5) is 35.9. The number of carboxylic acids is 1. The SMILES string of the molecule is CC(=O)c1cccc(OCC(=O)N2CCCC(C(=O)O)C2)c1. The second-order valence-electron chi connectivity index (χ2n) is 5.39. The van der Waals surface area contributed by atoms with Crippen LogP contribution in [0.2, 0.25) is 0 Å². The van der Waals surface area contributed by atoms with E-state index >= 15 is 0 Å². The van der Waals surface area contributed by atoms with Gasteiger partial charge in [0.1, 0.15) is 5.75 Å². The van der Waals surface area contributed by atoms with Crippen molar-refractivity contribution in [2.75, 3.05) is 19.7 Å². The van der Waals surface area contributed by atoms with Gasteiger partial charge in [-0.2, -0.15) is 0 Å². The van der Waals surface area contributed by atoms with Crippen LogP contribution in [0.3, 0.4) is 0 Å². The number of amides is 1. The summed E-state index contributed by atoms with van der Waals surface area (Å²) in [6.07, 6.45) is 1.28. The highest BCUT2D eigenvalue weighted by Gasteiger charge is 2.28. The first-order chi connectivity index (χ1) is 10.5. The van der Waals surface area contributed by atoms with Crippen LogP contribution in [-0.2, 0) is 9.59 Å². The largest absolute Gasteiger partial charge is 0.484 e. The fourth-order valence-corrected chi connectivity index (χ4v) is 2.45. The van der Waals surface area contributed by atoms with Crippen LogP contribution in [0.25, 0.3) is 0 Å². The van der Waals surface area contributed by atoms with Crippen molar-refractivity contribution in [3.8, 4) is 5.75 Å². The number of nitrogens with zero attached hydrogens (tertiary/aromatic N) is 1. The molecule has 1 saturated heterocycles. The normalized spacial score (nSPS) is 17.9. The Morgan fingerprint density at radius 2 is 2.14 bits per heavy atom. The monoisotopic (exact) mass is 305 g/mol. The molecule has 1 aliphatic rings. The average molecular weight is 305 g/mol. The molecule has 6 heteroatoms. The molecule has 22 heavy (non-hydrogen) atoms. The van der Waals surface area contributed by atoms with Gasteiger partial charge in [-0.25, -0.2) is 0 Å². The summed E-state index contributed by atoms with van der Waals surface area (Å²) in [5.41, 5.74) is 0.522. The Kier molecular flexibility index (Phi) is 5.14. The Morgan fingerprint density at radius 3 is 2.82 bits per heavy atom. The zero-order valence-corrected chi connectivity index (χ0v) is 12.4. The van der Waals surface area contributed by atoms with E-state index in [-0.39, 0.29) is 24.8 Å². The lowest BCUT2D eigenvalue weighted by atomic mass is 9.98. The van der Waals surface area contributed by atoms with Crippen LogP contribution < -0.4 is 4.74 Å². The molecule has 6 nitrogen and oxygen atoms in total. The predicted octanol–water partition coefficient (Wildman–Crippen LogP) is 1.59. The fraction of sp³-hybridized carbons (Fsp3) is 0.438. The van der Waals surface area contributed by atoms with Gasteiger partial charge in [0.2, 0.25) is 0 Å². The average Bonchev–Trinajstić information content (AvgIpc) is 2.53. The number of carbonyl (C=O) groups is 3. The van der Waals surface area contributed by atoms with Gasteiger partial charge in [-0.3, -0.25) is 14.4 Å². The Bertz CT molecular complexity index is 584. The van der Waals surface area contributed by atoms with Gasteiger partial charge >= 0.3 is 5.97 Å². The molecular formula is C16H19NO5. The van der Waals surface area contributed by atoms with E-state index < -0.39 is 11.9 Å². The van der Waals surface area contributed by atoms with E-state index in [9.17, 15) is 14.4 Å². The first-order valence-electron chi connectivity index (χ1n) is 7.21. The Balaban J connectivity index is 1.91. The Labute approximate surface area is 128 Å². The number of rotatable bonds is 5. The molecule has 1 N–H and O–H groups in total. The van der Waals surface area contributed by atoms with Crippen LogP contribution in [0, 0.1) is 5.92 Å². The number of Topliss-reactive ketones (excluding diaryl/α,β-unsaturated/α-hetero) is 1. The number of aliphatic carboxylic acids is 1. The molecule has 0 bridgehead atoms. The summed E-state index contributed by atoms with van der Waals surface area (Å²) < 4.78 is 5.42. The second-order valence-corrected chi connectivity index (χ2v) is 5.39. The molecule has 1 atom stereocenters. The maximum absolute atomic E-state index is 12.1. The van der Waals surface area contributed by atoms with Crippen molar-refractivity contribution in [3.05, 3.63) is 29.8 Å². The molecule has 1 amide bonds. The van der Waals surface area contributed by atoms with Gasteiger partial charge in [-0.15, -0.1) is 0 Å². The molecule has 1 aliphatic heterocycles. The summed E-state index contributed by atoms with van der Waals surface area (Å²) >= 11 is 0. The topological polar surface area (TPSA) is 83.9 Å². The van der Waals surface area contributed by atoms with Gasteiger partial charge in [0.15, 0.2) is 12.4 Å². The van der Waals surface area contributed by atoms with E-state index in [0.717, 1.165) is 0 Å². The van der Waals surface area contributed by atoms with Crippen LogP contribution >= 0.6 is 0 Å². The third-order valence-corrected chi connectivity index (χ3v) is 3.73. The van der Waals surface area contributed by atoms with Gasteiger partial charge < -0.3 is 14.7 Å². The highest BCUT2D eigenvalue weighted by molar-refractivity contribution is 5.94. The molecule has 1 heterocycles. The molecule has 0 saturated carbocycles. The van der Waals surface area contributed by atoms with Crippen LogP contribution in [0.1, 0.15) is 30.1 Å². The number of ketones is 1. The van der Waals surface area contributed by atoms with Gasteiger partial charge in [-0.1, -0.05) is 12.1 Å². The van der Waals surface area contributed by atoms with Crippen molar-refractivity contribution in [2.45, 2.75) is 19.8 Å². The standard InChI is InChI=1S/C16H19NO5/c1-11(18)12-4-2-6-14(8-12)22-10-15(19)17-7-3-5-13(9-17)16(20)21/h2,4,6,8,13H,3,5,7,9-10H2,1H3,(H,20,21). The summed E-state index contributed by atoms with van der Waals surface area (Å²) in [6.45, 7) is 2.09. The molecule has 1 fully saturated rings. The summed E-state index contributed by atoms with van der Waals surface area (Å²) in [5.74, 6) is -1.23. The lowest BCUT2D eigenvalue weighted by Gasteiger charge is -2.30.